The van der Waals surface area contributed by atoms with Gasteiger partial charge in [-0.3, -0.25) is 4.90 Å². The molecule has 0 aliphatic carbocycles. The van der Waals surface area contributed by atoms with Gasteiger partial charge in [0.05, 0.1) is 41.9 Å². The van der Waals surface area contributed by atoms with Gasteiger partial charge in [-0.1, -0.05) is 35.9 Å². The van der Waals surface area contributed by atoms with Crippen LogP contribution in [0.2, 0.25) is 0 Å². The molecule has 1 aromatic heterocycles. The highest BCUT2D eigenvalue weighted by Gasteiger charge is 2.23. The van der Waals surface area contributed by atoms with Crippen LogP contribution in [0.4, 0.5) is 0 Å². The van der Waals surface area contributed by atoms with Crippen LogP contribution >= 0.6 is 0 Å². The molecule has 0 amide bonds. The van der Waals surface area contributed by atoms with E-state index in [0.29, 0.717) is 32.1 Å². The molecule has 0 radical (unpaired) electrons. The zero-order valence-electron chi connectivity index (χ0n) is 21.8. The smallest absolute Gasteiger partial charge is 0.227 e. The molecule has 0 unspecified atom stereocenters. The lowest BCUT2D eigenvalue weighted by Crippen LogP contribution is -2.38. The molecular formula is C28H39N3O4. The molecule has 1 atom stereocenters. The van der Waals surface area contributed by atoms with Crippen molar-refractivity contribution in [2.24, 2.45) is 0 Å². The van der Waals surface area contributed by atoms with Gasteiger partial charge in [-0.05, 0) is 58.9 Å². The highest BCUT2D eigenvalue weighted by Crippen LogP contribution is 2.32. The fourth-order valence-electron chi connectivity index (χ4n) is 3.66. The number of nitrogens with zero attached hydrogens (tertiary/aromatic N) is 3. The monoisotopic (exact) mass is 481 g/mol. The zero-order valence-corrected chi connectivity index (χ0v) is 21.8. The van der Waals surface area contributed by atoms with Gasteiger partial charge in [-0.15, -0.1) is 0 Å². The summed E-state index contributed by atoms with van der Waals surface area (Å²) in [5.74, 6) is 1.41. The van der Waals surface area contributed by atoms with E-state index in [1.54, 1.807) is 7.11 Å². The first-order valence-corrected chi connectivity index (χ1v) is 12.1. The second kappa shape index (κ2) is 12.3. The van der Waals surface area contributed by atoms with Crippen molar-refractivity contribution < 1.29 is 19.3 Å². The normalized spacial score (nSPS) is 12.8. The summed E-state index contributed by atoms with van der Waals surface area (Å²) in [5, 5.41) is 15.5. The summed E-state index contributed by atoms with van der Waals surface area (Å²) in [6, 6.07) is 18.0. The van der Waals surface area contributed by atoms with Crippen LogP contribution in [0.25, 0.3) is 5.69 Å². The van der Waals surface area contributed by atoms with E-state index in [9.17, 15) is 5.11 Å². The van der Waals surface area contributed by atoms with Crippen molar-refractivity contribution >= 4 is 0 Å². The number of benzene rings is 2. The molecule has 35 heavy (non-hydrogen) atoms. The molecule has 0 spiro atoms. The summed E-state index contributed by atoms with van der Waals surface area (Å²) in [5.41, 5.74) is 3.63. The zero-order chi connectivity index (χ0) is 25.4. The summed E-state index contributed by atoms with van der Waals surface area (Å²) < 4.78 is 19.4. The number of rotatable bonds is 12. The molecular weight excluding hydrogens is 442 g/mol. The average Bonchev–Trinajstić information content (AvgIpc) is 3.12. The molecule has 7 nitrogen and oxygen atoms in total. The molecule has 3 rings (SSSR count). The van der Waals surface area contributed by atoms with Crippen LogP contribution in [0.3, 0.4) is 0 Å². The highest BCUT2D eigenvalue weighted by atomic mass is 16.5. The van der Waals surface area contributed by atoms with E-state index in [2.05, 4.69) is 11.8 Å². The van der Waals surface area contributed by atoms with E-state index in [0.717, 1.165) is 22.7 Å². The molecule has 0 saturated heterocycles. The summed E-state index contributed by atoms with van der Waals surface area (Å²) in [7, 11) is 1.68. The average molecular weight is 482 g/mol. The Morgan fingerprint density at radius 3 is 2.34 bits per heavy atom. The summed E-state index contributed by atoms with van der Waals surface area (Å²) >= 11 is 0. The first kappa shape index (κ1) is 26.9. The van der Waals surface area contributed by atoms with Crippen LogP contribution in [0.5, 0.6) is 11.6 Å². The van der Waals surface area contributed by atoms with E-state index in [1.807, 2.05) is 87.0 Å². The Labute approximate surface area is 209 Å². The Balaban J connectivity index is 1.91. The SMILES string of the molecule is COCCN(Cc1c(C)nn(-c2ccccc2)c1Oc1ccc(C)cc1)C[C@H](O)COC(C)(C)C. The van der Waals surface area contributed by atoms with Gasteiger partial charge in [0.1, 0.15) is 5.75 Å². The minimum absolute atomic E-state index is 0.266. The molecule has 0 aliphatic heterocycles. The number of aliphatic hydroxyl groups excluding tert-OH is 1. The number of aromatic nitrogens is 2. The Morgan fingerprint density at radius 1 is 1.03 bits per heavy atom. The number of aryl methyl sites for hydroxylation is 2. The lowest BCUT2D eigenvalue weighted by Gasteiger charge is -2.27. The van der Waals surface area contributed by atoms with E-state index < -0.39 is 6.10 Å². The molecule has 190 valence electrons. The first-order valence-electron chi connectivity index (χ1n) is 12.1. The van der Waals surface area contributed by atoms with Gasteiger partial charge in [0.2, 0.25) is 5.88 Å². The van der Waals surface area contributed by atoms with Crippen LogP contribution in [0, 0.1) is 13.8 Å². The van der Waals surface area contributed by atoms with E-state index >= 15 is 0 Å². The molecule has 1 N–H and O–H groups in total. The Bertz CT molecular complexity index is 1040. The molecule has 2 aromatic carbocycles. The Kier molecular flexibility index (Phi) is 9.46. The van der Waals surface area contributed by atoms with Gasteiger partial charge in [-0.2, -0.15) is 5.10 Å². The number of para-hydroxylation sites is 1. The van der Waals surface area contributed by atoms with Gasteiger partial charge < -0.3 is 19.3 Å². The molecule has 7 heteroatoms. The maximum absolute atomic E-state index is 10.7. The summed E-state index contributed by atoms with van der Waals surface area (Å²) in [6.07, 6.45) is -0.628. The third-order valence-corrected chi connectivity index (χ3v) is 5.54. The maximum atomic E-state index is 10.7. The van der Waals surface area contributed by atoms with Crippen molar-refractivity contribution in [3.8, 4) is 17.3 Å². The van der Waals surface area contributed by atoms with Gasteiger partial charge in [0.15, 0.2) is 0 Å². The maximum Gasteiger partial charge on any atom is 0.227 e. The number of ether oxygens (including phenoxy) is 3. The van der Waals surface area contributed by atoms with Crippen LogP contribution in [0.1, 0.15) is 37.6 Å². The second-order valence-corrected chi connectivity index (χ2v) is 9.84. The molecule has 0 aliphatic rings. The summed E-state index contributed by atoms with van der Waals surface area (Å²) in [6.45, 7) is 12.5. The lowest BCUT2D eigenvalue weighted by molar-refractivity contribution is -0.0577. The van der Waals surface area contributed by atoms with E-state index in [1.165, 1.54) is 5.56 Å². The van der Waals surface area contributed by atoms with E-state index in [4.69, 9.17) is 19.3 Å². The van der Waals surface area contributed by atoms with Crippen molar-refractivity contribution in [3.05, 3.63) is 71.4 Å². The first-order chi connectivity index (χ1) is 16.7. The third-order valence-electron chi connectivity index (χ3n) is 5.54. The highest BCUT2D eigenvalue weighted by molar-refractivity contribution is 5.43. The van der Waals surface area contributed by atoms with Gasteiger partial charge >= 0.3 is 0 Å². The van der Waals surface area contributed by atoms with Gasteiger partial charge in [0, 0.05) is 26.7 Å². The van der Waals surface area contributed by atoms with Gasteiger partial charge in [0.25, 0.3) is 0 Å². The Morgan fingerprint density at radius 2 is 1.71 bits per heavy atom. The third kappa shape index (κ3) is 8.18. The molecule has 0 fully saturated rings. The van der Waals surface area contributed by atoms with Crippen LogP contribution in [-0.4, -0.2) is 64.9 Å². The quantitative estimate of drug-likeness (QED) is 0.397. The van der Waals surface area contributed by atoms with Crippen molar-refractivity contribution in [1.82, 2.24) is 14.7 Å². The lowest BCUT2D eigenvalue weighted by atomic mass is 10.2. The van der Waals surface area contributed by atoms with Crippen LogP contribution in [-0.2, 0) is 16.0 Å². The molecule has 0 bridgehead atoms. The minimum Gasteiger partial charge on any atom is -0.439 e. The summed E-state index contributed by atoms with van der Waals surface area (Å²) in [4.78, 5) is 2.15. The molecule has 1 heterocycles. The second-order valence-electron chi connectivity index (χ2n) is 9.84. The Hall–Kier alpha value is -2.71. The van der Waals surface area contributed by atoms with Crippen molar-refractivity contribution in [2.45, 2.75) is 52.9 Å². The van der Waals surface area contributed by atoms with Crippen LogP contribution < -0.4 is 4.74 Å². The van der Waals surface area contributed by atoms with E-state index in [-0.39, 0.29) is 12.2 Å². The number of hydrogen-bond acceptors (Lipinski definition) is 6. The number of hydrogen-bond donors (Lipinski definition) is 1. The van der Waals surface area contributed by atoms with Crippen molar-refractivity contribution in [1.29, 1.82) is 0 Å². The topological polar surface area (TPSA) is 69.0 Å². The predicted molar refractivity (Wildman–Crippen MR) is 138 cm³/mol. The minimum atomic E-state index is -0.628. The number of aliphatic hydroxyl groups is 1. The fraction of sp³-hybridized carbons (Fsp3) is 0.464. The molecule has 0 saturated carbocycles. The fourth-order valence-corrected chi connectivity index (χ4v) is 3.66. The van der Waals surface area contributed by atoms with Gasteiger partial charge in [-0.25, -0.2) is 4.68 Å². The molecule has 3 aromatic rings. The number of methoxy groups -OCH3 is 1. The standard InChI is InChI=1S/C28H39N3O4/c1-21-12-14-25(15-13-21)35-27-26(22(2)29-31(27)23-10-8-7-9-11-23)19-30(16-17-33-6)18-24(32)20-34-28(3,4)5/h7-15,24,32H,16-20H2,1-6H3/t24-/m0/s1. The predicted octanol–water partition coefficient (Wildman–Crippen LogP) is 4.91. The van der Waals surface area contributed by atoms with Crippen molar-refractivity contribution in [2.75, 3.05) is 33.4 Å². The van der Waals surface area contributed by atoms with Crippen LogP contribution in [0.15, 0.2) is 54.6 Å². The van der Waals surface area contributed by atoms with Crippen molar-refractivity contribution in [3.63, 3.8) is 0 Å². The largest absolute Gasteiger partial charge is 0.439 e.